The topological polar surface area (TPSA) is 77.1 Å². The van der Waals surface area contributed by atoms with Gasteiger partial charge in [-0.1, -0.05) is 18.2 Å². The predicted molar refractivity (Wildman–Crippen MR) is 82.3 cm³/mol. The Kier molecular flexibility index (Phi) is 4.33. The molecule has 23 heavy (non-hydrogen) atoms. The van der Waals surface area contributed by atoms with E-state index in [9.17, 15) is 14.0 Å². The van der Waals surface area contributed by atoms with Gasteiger partial charge in [-0.25, -0.2) is 9.18 Å². The first-order valence-corrected chi connectivity index (χ1v) is 7.63. The number of hydrogen-bond acceptors (Lipinski definition) is 5. The van der Waals surface area contributed by atoms with Crippen molar-refractivity contribution in [3.63, 3.8) is 0 Å². The molecule has 2 heterocycles. The average Bonchev–Trinajstić information content (AvgIpc) is 3.17. The van der Waals surface area contributed by atoms with E-state index in [-0.39, 0.29) is 30.7 Å². The van der Waals surface area contributed by atoms with E-state index in [4.69, 9.17) is 4.42 Å². The highest BCUT2D eigenvalue weighted by Gasteiger charge is 2.13. The molecule has 0 radical (unpaired) electrons. The van der Waals surface area contributed by atoms with Gasteiger partial charge < -0.3 is 9.73 Å². The van der Waals surface area contributed by atoms with Crippen LogP contribution in [0.2, 0.25) is 0 Å². The summed E-state index contributed by atoms with van der Waals surface area (Å²) in [6, 6.07) is 9.37. The maximum absolute atomic E-state index is 12.8. The molecule has 0 aliphatic carbocycles. The number of benzene rings is 1. The second-order valence-electron chi connectivity index (χ2n) is 4.71. The average molecular weight is 333 g/mol. The lowest BCUT2D eigenvalue weighted by atomic mass is 10.2. The van der Waals surface area contributed by atoms with Gasteiger partial charge in [-0.05, 0) is 29.1 Å². The molecule has 0 saturated heterocycles. The third-order valence-corrected chi connectivity index (χ3v) is 3.89. The van der Waals surface area contributed by atoms with Gasteiger partial charge in [0.2, 0.25) is 5.91 Å². The summed E-state index contributed by atoms with van der Waals surface area (Å²) in [4.78, 5) is 24.3. The molecule has 6 nitrogen and oxygen atoms in total. The van der Waals surface area contributed by atoms with Crippen molar-refractivity contribution in [3.8, 4) is 10.8 Å². The SMILES string of the molecule is O=C(Cn1nc(-c2cccs2)oc1=O)NCc1ccc(F)cc1. The van der Waals surface area contributed by atoms with Crippen molar-refractivity contribution in [2.45, 2.75) is 13.1 Å². The zero-order valence-electron chi connectivity index (χ0n) is 11.9. The van der Waals surface area contributed by atoms with Gasteiger partial charge in [0, 0.05) is 6.54 Å². The molecular formula is C15H12FN3O3S. The van der Waals surface area contributed by atoms with Gasteiger partial charge in [-0.15, -0.1) is 16.4 Å². The summed E-state index contributed by atoms with van der Waals surface area (Å²) in [7, 11) is 0. The fourth-order valence-corrected chi connectivity index (χ4v) is 2.55. The Labute approximate surface area is 134 Å². The summed E-state index contributed by atoms with van der Waals surface area (Å²) in [5.41, 5.74) is 0.756. The summed E-state index contributed by atoms with van der Waals surface area (Å²) >= 11 is 1.39. The molecule has 0 atom stereocenters. The monoisotopic (exact) mass is 333 g/mol. The van der Waals surface area contributed by atoms with Crippen molar-refractivity contribution < 1.29 is 13.6 Å². The number of amides is 1. The highest BCUT2D eigenvalue weighted by Crippen LogP contribution is 2.20. The van der Waals surface area contributed by atoms with E-state index >= 15 is 0 Å². The van der Waals surface area contributed by atoms with Crippen LogP contribution in [-0.2, 0) is 17.9 Å². The molecular weight excluding hydrogens is 321 g/mol. The minimum atomic E-state index is -0.690. The van der Waals surface area contributed by atoms with Crippen LogP contribution < -0.4 is 11.1 Å². The van der Waals surface area contributed by atoms with Gasteiger partial charge >= 0.3 is 5.76 Å². The van der Waals surface area contributed by atoms with Gasteiger partial charge in [-0.3, -0.25) is 4.79 Å². The van der Waals surface area contributed by atoms with Crippen LogP contribution in [0.1, 0.15) is 5.56 Å². The summed E-state index contributed by atoms with van der Waals surface area (Å²) in [5, 5.41) is 8.47. The van der Waals surface area contributed by atoms with Crippen molar-refractivity contribution >= 4 is 17.2 Å². The Bertz CT molecular complexity index is 853. The molecule has 0 fully saturated rings. The van der Waals surface area contributed by atoms with Crippen LogP contribution in [-0.4, -0.2) is 15.7 Å². The zero-order chi connectivity index (χ0) is 16.2. The lowest BCUT2D eigenvalue weighted by Gasteiger charge is -2.04. The van der Waals surface area contributed by atoms with Crippen LogP contribution in [0.4, 0.5) is 4.39 Å². The Morgan fingerprint density at radius 2 is 2.09 bits per heavy atom. The highest BCUT2D eigenvalue weighted by molar-refractivity contribution is 7.13. The zero-order valence-corrected chi connectivity index (χ0v) is 12.7. The molecule has 0 aliphatic rings. The molecule has 0 unspecified atom stereocenters. The molecule has 0 bridgehead atoms. The smallest absolute Gasteiger partial charge is 0.387 e. The maximum Gasteiger partial charge on any atom is 0.437 e. The molecule has 3 aromatic rings. The first-order valence-electron chi connectivity index (χ1n) is 6.75. The second-order valence-corrected chi connectivity index (χ2v) is 5.66. The van der Waals surface area contributed by atoms with Crippen LogP contribution in [0.25, 0.3) is 10.8 Å². The summed E-state index contributed by atoms with van der Waals surface area (Å²) in [6.07, 6.45) is 0. The number of carbonyl (C=O) groups excluding carboxylic acids is 1. The molecule has 118 valence electrons. The first-order chi connectivity index (χ1) is 11.1. The van der Waals surface area contributed by atoms with E-state index < -0.39 is 5.76 Å². The van der Waals surface area contributed by atoms with Crippen molar-refractivity contribution in [3.05, 3.63) is 63.7 Å². The Morgan fingerprint density at radius 3 is 2.78 bits per heavy atom. The fourth-order valence-electron chi connectivity index (χ4n) is 1.90. The molecule has 2 aromatic heterocycles. The van der Waals surface area contributed by atoms with Crippen molar-refractivity contribution in [2.24, 2.45) is 0 Å². The largest absolute Gasteiger partial charge is 0.437 e. The van der Waals surface area contributed by atoms with E-state index in [1.807, 2.05) is 11.4 Å². The summed E-state index contributed by atoms with van der Waals surface area (Å²) in [5.74, 6) is -1.22. The van der Waals surface area contributed by atoms with Gasteiger partial charge in [0.15, 0.2) is 0 Å². The van der Waals surface area contributed by atoms with E-state index in [2.05, 4.69) is 10.4 Å². The lowest BCUT2D eigenvalue weighted by Crippen LogP contribution is -2.31. The molecule has 1 amide bonds. The number of aromatic nitrogens is 2. The van der Waals surface area contributed by atoms with E-state index in [1.165, 1.54) is 23.5 Å². The Balaban J connectivity index is 1.62. The number of nitrogens with zero attached hydrogens (tertiary/aromatic N) is 2. The van der Waals surface area contributed by atoms with Crippen LogP contribution >= 0.6 is 11.3 Å². The van der Waals surface area contributed by atoms with Gasteiger partial charge in [-0.2, -0.15) is 4.68 Å². The van der Waals surface area contributed by atoms with Crippen molar-refractivity contribution in [2.75, 3.05) is 0 Å². The normalized spacial score (nSPS) is 10.7. The maximum atomic E-state index is 12.8. The molecule has 1 aromatic carbocycles. The molecule has 1 N–H and O–H groups in total. The molecule has 0 saturated carbocycles. The van der Waals surface area contributed by atoms with Crippen LogP contribution in [0.5, 0.6) is 0 Å². The minimum absolute atomic E-state index is 0.191. The third kappa shape index (κ3) is 3.72. The predicted octanol–water partition coefficient (Wildman–Crippen LogP) is 2.02. The van der Waals surface area contributed by atoms with Gasteiger partial charge in [0.05, 0.1) is 4.88 Å². The highest BCUT2D eigenvalue weighted by atomic mass is 32.1. The van der Waals surface area contributed by atoms with Crippen LogP contribution in [0, 0.1) is 5.82 Å². The Morgan fingerprint density at radius 1 is 1.30 bits per heavy atom. The standard InChI is InChI=1S/C15H12FN3O3S/c16-11-5-3-10(4-6-11)8-17-13(20)9-19-15(21)22-14(18-19)12-2-1-7-23-12/h1-7H,8-9H2,(H,17,20). The number of nitrogens with one attached hydrogen (secondary N) is 1. The number of thiophene rings is 1. The number of carbonyl (C=O) groups is 1. The van der Waals surface area contributed by atoms with E-state index in [0.717, 1.165) is 10.2 Å². The quantitative estimate of drug-likeness (QED) is 0.775. The van der Waals surface area contributed by atoms with Crippen LogP contribution in [0.15, 0.2) is 51.0 Å². The van der Waals surface area contributed by atoms with Gasteiger partial charge in [0.1, 0.15) is 12.4 Å². The minimum Gasteiger partial charge on any atom is -0.387 e. The first kappa shape index (κ1) is 15.2. The summed E-state index contributed by atoms with van der Waals surface area (Å²) < 4.78 is 18.8. The molecule has 0 spiro atoms. The Hall–Kier alpha value is -2.74. The van der Waals surface area contributed by atoms with Crippen LogP contribution in [0.3, 0.4) is 0 Å². The third-order valence-electron chi connectivity index (χ3n) is 3.03. The molecule has 0 aliphatic heterocycles. The summed E-state index contributed by atoms with van der Waals surface area (Å²) in [6.45, 7) is -0.00159. The van der Waals surface area contributed by atoms with E-state index in [0.29, 0.717) is 4.88 Å². The van der Waals surface area contributed by atoms with Crippen molar-refractivity contribution in [1.29, 1.82) is 0 Å². The number of rotatable bonds is 5. The van der Waals surface area contributed by atoms with Gasteiger partial charge in [0.25, 0.3) is 5.89 Å². The second kappa shape index (κ2) is 6.57. The molecule has 8 heteroatoms. The van der Waals surface area contributed by atoms with Crippen molar-refractivity contribution in [1.82, 2.24) is 15.1 Å². The lowest BCUT2D eigenvalue weighted by molar-refractivity contribution is -0.122. The van der Waals surface area contributed by atoms with E-state index in [1.54, 1.807) is 18.2 Å². The molecule has 3 rings (SSSR count). The number of hydrogen-bond donors (Lipinski definition) is 1. The number of halogens is 1. The fraction of sp³-hybridized carbons (Fsp3) is 0.133.